The molecule has 0 fully saturated rings. The highest BCUT2D eigenvalue weighted by Gasteiger charge is 2.23. The molecular weight excluding hydrogens is 340 g/mol. The maximum Gasteiger partial charge on any atom is 0.157 e. The first-order valence-corrected chi connectivity index (χ1v) is 10.4. The molecule has 1 N–H and O–H groups in total. The summed E-state index contributed by atoms with van der Waals surface area (Å²) < 4.78 is 6.10. The number of fused-ring (bicyclic) bond motifs is 1. The van der Waals surface area contributed by atoms with E-state index in [0.29, 0.717) is 0 Å². The van der Waals surface area contributed by atoms with E-state index in [2.05, 4.69) is 60.6 Å². The minimum absolute atomic E-state index is 0.175. The van der Waals surface area contributed by atoms with Gasteiger partial charge in [0, 0.05) is 11.3 Å². The van der Waals surface area contributed by atoms with E-state index in [-0.39, 0.29) is 6.04 Å². The van der Waals surface area contributed by atoms with Crippen molar-refractivity contribution in [1.29, 1.82) is 0 Å². The van der Waals surface area contributed by atoms with Crippen LogP contribution >= 0.6 is 11.8 Å². The third kappa shape index (κ3) is 3.90. The van der Waals surface area contributed by atoms with Gasteiger partial charge in [0.2, 0.25) is 0 Å². The SMILES string of the molecule is Cc1cc(C)cc(CC(NC2=NCCS2)c2cccc3c2OCCC3)c1. The number of hydrogen-bond donors (Lipinski definition) is 1. The Kier molecular flexibility index (Phi) is 5.21. The maximum absolute atomic E-state index is 6.10. The Morgan fingerprint density at radius 2 is 2.04 bits per heavy atom. The molecule has 4 heteroatoms. The predicted molar refractivity (Wildman–Crippen MR) is 111 cm³/mol. The van der Waals surface area contributed by atoms with E-state index in [1.165, 1.54) is 27.8 Å². The molecule has 0 radical (unpaired) electrons. The molecule has 2 aliphatic rings. The van der Waals surface area contributed by atoms with Crippen LogP contribution in [0.25, 0.3) is 0 Å². The summed E-state index contributed by atoms with van der Waals surface area (Å²) in [5, 5.41) is 4.77. The van der Waals surface area contributed by atoms with Gasteiger partial charge in [0.05, 0.1) is 19.2 Å². The van der Waals surface area contributed by atoms with Crippen LogP contribution in [0.5, 0.6) is 5.75 Å². The summed E-state index contributed by atoms with van der Waals surface area (Å²) in [6.07, 6.45) is 3.14. The first-order valence-electron chi connectivity index (χ1n) is 9.44. The summed E-state index contributed by atoms with van der Waals surface area (Å²) in [5.41, 5.74) is 6.59. The molecule has 26 heavy (non-hydrogen) atoms. The Balaban J connectivity index is 1.69. The van der Waals surface area contributed by atoms with E-state index in [1.54, 1.807) is 0 Å². The molecule has 3 nitrogen and oxygen atoms in total. The highest BCUT2D eigenvalue weighted by molar-refractivity contribution is 8.14. The molecule has 0 bridgehead atoms. The number of thioether (sulfide) groups is 1. The third-order valence-corrected chi connectivity index (χ3v) is 5.85. The Labute approximate surface area is 160 Å². The van der Waals surface area contributed by atoms with Crippen molar-refractivity contribution in [3.05, 3.63) is 64.2 Å². The van der Waals surface area contributed by atoms with Gasteiger partial charge in [-0.2, -0.15) is 0 Å². The summed E-state index contributed by atoms with van der Waals surface area (Å²) in [5.74, 6) is 2.16. The van der Waals surface area contributed by atoms with Crippen LogP contribution < -0.4 is 10.1 Å². The molecule has 1 atom stereocenters. The van der Waals surface area contributed by atoms with Gasteiger partial charge in [0.15, 0.2) is 5.17 Å². The fraction of sp³-hybridized carbons (Fsp3) is 0.409. The lowest BCUT2D eigenvalue weighted by molar-refractivity contribution is 0.282. The van der Waals surface area contributed by atoms with Crippen molar-refractivity contribution in [3.8, 4) is 5.75 Å². The van der Waals surface area contributed by atoms with Crippen molar-refractivity contribution in [1.82, 2.24) is 5.32 Å². The minimum Gasteiger partial charge on any atom is -0.493 e. The first kappa shape index (κ1) is 17.5. The van der Waals surface area contributed by atoms with Crippen LogP contribution in [0.15, 0.2) is 41.4 Å². The standard InChI is InChI=1S/C22H26N2OS/c1-15-11-16(2)13-17(12-15)14-20(24-22-23-8-10-26-22)19-7-3-5-18-6-4-9-25-21(18)19/h3,5,7,11-13,20H,4,6,8-10,14H2,1-2H3,(H,23,24). The molecule has 136 valence electrons. The zero-order valence-electron chi connectivity index (χ0n) is 15.5. The monoisotopic (exact) mass is 366 g/mol. The molecule has 0 spiro atoms. The Bertz CT molecular complexity index is 811. The van der Waals surface area contributed by atoms with Crippen LogP contribution in [-0.4, -0.2) is 24.1 Å². The largest absolute Gasteiger partial charge is 0.493 e. The van der Waals surface area contributed by atoms with Crippen LogP contribution in [0.4, 0.5) is 0 Å². The van der Waals surface area contributed by atoms with Crippen molar-refractivity contribution in [2.45, 2.75) is 39.2 Å². The molecule has 2 aliphatic heterocycles. The molecule has 4 rings (SSSR count). The van der Waals surface area contributed by atoms with E-state index in [1.807, 2.05) is 11.8 Å². The van der Waals surface area contributed by atoms with Gasteiger partial charge >= 0.3 is 0 Å². The van der Waals surface area contributed by atoms with Crippen molar-refractivity contribution in [3.63, 3.8) is 0 Å². The lowest BCUT2D eigenvalue weighted by Gasteiger charge is -2.26. The van der Waals surface area contributed by atoms with E-state index in [4.69, 9.17) is 4.74 Å². The number of nitrogens with zero attached hydrogens (tertiary/aromatic N) is 1. The highest BCUT2D eigenvalue weighted by atomic mass is 32.2. The second-order valence-electron chi connectivity index (χ2n) is 7.22. The molecule has 0 saturated heterocycles. The van der Waals surface area contributed by atoms with Crippen molar-refractivity contribution < 1.29 is 4.74 Å². The normalized spacial score (nSPS) is 17.2. The average Bonchev–Trinajstić information content (AvgIpc) is 3.13. The molecule has 0 amide bonds. The number of rotatable bonds is 4. The topological polar surface area (TPSA) is 33.6 Å². The Morgan fingerprint density at radius 1 is 1.19 bits per heavy atom. The van der Waals surface area contributed by atoms with Gasteiger partial charge in [-0.25, -0.2) is 0 Å². The summed E-state index contributed by atoms with van der Waals surface area (Å²) in [7, 11) is 0. The highest BCUT2D eigenvalue weighted by Crippen LogP contribution is 2.35. The summed E-state index contributed by atoms with van der Waals surface area (Å²) in [6.45, 7) is 6.06. The van der Waals surface area contributed by atoms with Gasteiger partial charge < -0.3 is 10.1 Å². The molecule has 2 heterocycles. The van der Waals surface area contributed by atoms with E-state index in [9.17, 15) is 0 Å². The number of aliphatic imine (C=N–C) groups is 1. The first-order chi connectivity index (χ1) is 12.7. The zero-order chi connectivity index (χ0) is 17.9. The molecule has 0 aromatic heterocycles. The lowest BCUT2D eigenvalue weighted by Crippen LogP contribution is -2.28. The smallest absolute Gasteiger partial charge is 0.157 e. The van der Waals surface area contributed by atoms with Gasteiger partial charge in [-0.05, 0) is 44.2 Å². The van der Waals surface area contributed by atoms with Crippen molar-refractivity contribution in [2.24, 2.45) is 4.99 Å². The van der Waals surface area contributed by atoms with Gasteiger partial charge in [-0.1, -0.05) is 59.3 Å². The van der Waals surface area contributed by atoms with Crippen LogP contribution in [0, 0.1) is 13.8 Å². The number of benzene rings is 2. The van der Waals surface area contributed by atoms with Crippen LogP contribution in [0.3, 0.4) is 0 Å². The number of nitrogens with one attached hydrogen (secondary N) is 1. The number of aryl methyl sites for hydroxylation is 3. The Hall–Kier alpha value is -1.94. The van der Waals surface area contributed by atoms with Gasteiger partial charge in [-0.15, -0.1) is 0 Å². The number of hydrogen-bond acceptors (Lipinski definition) is 4. The van der Waals surface area contributed by atoms with E-state index >= 15 is 0 Å². The van der Waals surface area contributed by atoms with E-state index in [0.717, 1.165) is 49.1 Å². The molecule has 1 unspecified atom stereocenters. The number of para-hydroxylation sites is 1. The van der Waals surface area contributed by atoms with Crippen molar-refractivity contribution >= 4 is 16.9 Å². The Morgan fingerprint density at radius 3 is 2.81 bits per heavy atom. The fourth-order valence-electron chi connectivity index (χ4n) is 3.92. The quantitative estimate of drug-likeness (QED) is 0.858. The molecule has 2 aromatic rings. The molecule has 0 aliphatic carbocycles. The maximum atomic E-state index is 6.10. The van der Waals surface area contributed by atoms with Crippen LogP contribution in [0.2, 0.25) is 0 Å². The van der Waals surface area contributed by atoms with Crippen LogP contribution in [-0.2, 0) is 12.8 Å². The molecular formula is C22H26N2OS. The summed E-state index contributed by atoms with van der Waals surface area (Å²) in [4.78, 5) is 4.62. The van der Waals surface area contributed by atoms with E-state index < -0.39 is 0 Å². The minimum atomic E-state index is 0.175. The average molecular weight is 367 g/mol. The van der Waals surface area contributed by atoms with Gasteiger partial charge in [0.1, 0.15) is 5.75 Å². The predicted octanol–water partition coefficient (Wildman–Crippen LogP) is 4.60. The molecule has 2 aromatic carbocycles. The summed E-state index contributed by atoms with van der Waals surface area (Å²) >= 11 is 1.82. The number of amidine groups is 1. The van der Waals surface area contributed by atoms with Gasteiger partial charge in [0.25, 0.3) is 0 Å². The second kappa shape index (κ2) is 7.75. The lowest BCUT2D eigenvalue weighted by atomic mass is 9.93. The van der Waals surface area contributed by atoms with Crippen LogP contribution in [0.1, 0.15) is 40.3 Å². The van der Waals surface area contributed by atoms with Crippen molar-refractivity contribution in [2.75, 3.05) is 18.9 Å². The number of ether oxygens (including phenoxy) is 1. The van der Waals surface area contributed by atoms with Gasteiger partial charge in [-0.3, -0.25) is 4.99 Å². The molecule has 0 saturated carbocycles. The summed E-state index contributed by atoms with van der Waals surface area (Å²) in [6, 6.07) is 13.6. The third-order valence-electron chi connectivity index (χ3n) is 4.94. The zero-order valence-corrected chi connectivity index (χ0v) is 16.4. The second-order valence-corrected chi connectivity index (χ2v) is 8.30. The fourth-order valence-corrected chi connectivity index (χ4v) is 4.71.